The first-order valence-electron chi connectivity index (χ1n) is 12.2. The number of carbonyl (C=O) groups excluding carboxylic acids is 1. The molecule has 0 radical (unpaired) electrons. The van der Waals surface area contributed by atoms with E-state index in [0.29, 0.717) is 16.9 Å². The summed E-state index contributed by atoms with van der Waals surface area (Å²) < 4.78 is 4.81. The first kappa shape index (κ1) is 24.0. The molecule has 1 fully saturated rings. The van der Waals surface area contributed by atoms with E-state index in [4.69, 9.17) is 4.74 Å². The normalized spacial score (nSPS) is 19.3. The molecule has 1 aromatic carbocycles. The Kier molecular flexibility index (Phi) is 7.30. The van der Waals surface area contributed by atoms with Gasteiger partial charge in [0.15, 0.2) is 0 Å². The van der Waals surface area contributed by atoms with Crippen molar-refractivity contribution in [2.75, 3.05) is 44.7 Å². The van der Waals surface area contributed by atoms with Gasteiger partial charge in [-0.05, 0) is 82.3 Å². The molecule has 33 heavy (non-hydrogen) atoms. The van der Waals surface area contributed by atoms with Crippen LogP contribution in [0.2, 0.25) is 0 Å². The van der Waals surface area contributed by atoms with Crippen LogP contribution in [0.3, 0.4) is 0 Å². The topological polar surface area (TPSA) is 32.8 Å². The van der Waals surface area contributed by atoms with Crippen molar-refractivity contribution >= 4 is 28.6 Å². The van der Waals surface area contributed by atoms with Crippen molar-refractivity contribution in [1.82, 2.24) is 4.90 Å². The number of carbonyl (C=O) groups is 1. The highest BCUT2D eigenvalue weighted by Gasteiger charge is 2.30. The van der Waals surface area contributed by atoms with E-state index < -0.39 is 0 Å². The van der Waals surface area contributed by atoms with Crippen LogP contribution in [0.25, 0.3) is 5.57 Å². The number of methoxy groups -OCH3 is 1. The van der Waals surface area contributed by atoms with Crippen LogP contribution in [0, 0.1) is 5.41 Å². The summed E-state index contributed by atoms with van der Waals surface area (Å²) >= 11 is 1.86. The van der Waals surface area contributed by atoms with E-state index >= 15 is 0 Å². The second kappa shape index (κ2) is 10.0. The number of benzene rings is 1. The predicted octanol–water partition coefficient (Wildman–Crippen LogP) is 6.44. The van der Waals surface area contributed by atoms with Crippen molar-refractivity contribution in [2.45, 2.75) is 52.9 Å². The summed E-state index contributed by atoms with van der Waals surface area (Å²) in [6.45, 7) is 14.7. The van der Waals surface area contributed by atoms with Crippen molar-refractivity contribution in [3.63, 3.8) is 0 Å². The molecule has 0 N–H and O–H groups in total. The summed E-state index contributed by atoms with van der Waals surface area (Å²) in [6, 6.07) is 7.80. The van der Waals surface area contributed by atoms with Crippen molar-refractivity contribution in [2.24, 2.45) is 5.41 Å². The lowest BCUT2D eigenvalue weighted by Crippen LogP contribution is -2.47. The van der Waals surface area contributed by atoms with Crippen LogP contribution in [0.15, 0.2) is 40.6 Å². The van der Waals surface area contributed by atoms with E-state index in [2.05, 4.69) is 48.3 Å². The zero-order valence-electron chi connectivity index (χ0n) is 20.8. The van der Waals surface area contributed by atoms with Gasteiger partial charge in [-0.1, -0.05) is 33.3 Å². The summed E-state index contributed by atoms with van der Waals surface area (Å²) in [6.07, 6.45) is 3.68. The molecule has 0 spiro atoms. The number of allylic oxidation sites excluding steroid dienone is 1. The molecular formula is C28H38N2O2S. The van der Waals surface area contributed by atoms with Crippen molar-refractivity contribution in [3.05, 3.63) is 57.3 Å². The lowest BCUT2D eigenvalue weighted by Gasteiger charge is -2.39. The van der Waals surface area contributed by atoms with Crippen molar-refractivity contribution < 1.29 is 9.53 Å². The highest BCUT2D eigenvalue weighted by molar-refractivity contribution is 7.08. The van der Waals surface area contributed by atoms with Gasteiger partial charge in [0.1, 0.15) is 0 Å². The third kappa shape index (κ3) is 5.52. The summed E-state index contributed by atoms with van der Waals surface area (Å²) in [5, 5.41) is 4.75. The second-order valence-corrected chi connectivity index (χ2v) is 11.4. The van der Waals surface area contributed by atoms with Gasteiger partial charge in [-0.15, -0.1) is 0 Å². The van der Waals surface area contributed by atoms with Gasteiger partial charge in [-0.2, -0.15) is 11.3 Å². The zero-order valence-corrected chi connectivity index (χ0v) is 21.6. The van der Waals surface area contributed by atoms with Crippen LogP contribution in [-0.2, 0) is 4.74 Å². The number of hydrogen-bond acceptors (Lipinski definition) is 5. The van der Waals surface area contributed by atoms with Gasteiger partial charge >= 0.3 is 5.97 Å². The van der Waals surface area contributed by atoms with Crippen molar-refractivity contribution in [3.8, 4) is 0 Å². The minimum atomic E-state index is -0.280. The summed E-state index contributed by atoms with van der Waals surface area (Å²) in [5.74, 6) is 0.288. The Bertz CT molecular complexity index is 995. The zero-order chi connectivity index (χ0) is 23.6. The number of ether oxygens (including phenoxy) is 1. The highest BCUT2D eigenvalue weighted by atomic mass is 32.1. The number of thiophene rings is 1. The Labute approximate surface area is 203 Å². The monoisotopic (exact) mass is 466 g/mol. The van der Waals surface area contributed by atoms with E-state index in [1.807, 2.05) is 35.6 Å². The fourth-order valence-corrected chi connectivity index (χ4v) is 6.18. The molecule has 0 amide bonds. The summed E-state index contributed by atoms with van der Waals surface area (Å²) in [5.41, 5.74) is 8.48. The number of rotatable bonds is 6. The SMILES string of the molecule is COC(=O)c1ccc(N2CCN(CC3=C(c4cscc4C(C)C)CC(C)(C)CC3)CC2)cc1. The molecule has 178 valence electrons. The second-order valence-electron chi connectivity index (χ2n) is 10.6. The maximum absolute atomic E-state index is 11.7. The van der Waals surface area contributed by atoms with Gasteiger partial charge in [0.25, 0.3) is 0 Å². The molecule has 1 aromatic heterocycles. The molecule has 2 aliphatic rings. The Morgan fingerprint density at radius 2 is 1.79 bits per heavy atom. The fourth-order valence-electron chi connectivity index (χ4n) is 5.15. The van der Waals surface area contributed by atoms with Crippen LogP contribution < -0.4 is 4.90 Å². The maximum Gasteiger partial charge on any atom is 0.337 e. The molecule has 2 heterocycles. The predicted molar refractivity (Wildman–Crippen MR) is 139 cm³/mol. The molecule has 4 nitrogen and oxygen atoms in total. The largest absolute Gasteiger partial charge is 0.465 e. The van der Waals surface area contributed by atoms with Crippen molar-refractivity contribution in [1.29, 1.82) is 0 Å². The van der Waals surface area contributed by atoms with E-state index in [9.17, 15) is 4.79 Å². The molecule has 2 aromatic rings. The minimum absolute atomic E-state index is 0.280. The number of hydrogen-bond donors (Lipinski definition) is 0. The van der Waals surface area contributed by atoms with Gasteiger partial charge < -0.3 is 9.64 Å². The van der Waals surface area contributed by atoms with Gasteiger partial charge in [0, 0.05) is 38.4 Å². The molecule has 5 heteroatoms. The molecular weight excluding hydrogens is 428 g/mol. The van der Waals surface area contributed by atoms with Crippen LogP contribution in [-0.4, -0.2) is 50.7 Å². The van der Waals surface area contributed by atoms with E-state index in [1.54, 1.807) is 11.1 Å². The van der Waals surface area contributed by atoms with E-state index in [0.717, 1.165) is 32.7 Å². The fraction of sp³-hybridized carbons (Fsp3) is 0.536. The van der Waals surface area contributed by atoms with Crippen LogP contribution in [0.1, 0.15) is 74.4 Å². The molecule has 4 rings (SSSR count). The number of piperazine rings is 1. The first-order valence-corrected chi connectivity index (χ1v) is 13.1. The lowest BCUT2D eigenvalue weighted by atomic mass is 9.72. The third-order valence-electron chi connectivity index (χ3n) is 7.27. The van der Waals surface area contributed by atoms with Crippen LogP contribution >= 0.6 is 11.3 Å². The Morgan fingerprint density at radius 1 is 1.09 bits per heavy atom. The summed E-state index contributed by atoms with van der Waals surface area (Å²) in [7, 11) is 1.42. The standard InChI is InChI=1S/C28H38N2O2S/c1-20(2)25-18-33-19-26(25)24-16-28(3,4)11-10-22(24)17-29-12-14-30(15-13-29)23-8-6-21(7-9-23)27(31)32-5/h6-9,18-20H,10-17H2,1-5H3. The van der Waals surface area contributed by atoms with Crippen LogP contribution in [0.4, 0.5) is 5.69 Å². The Morgan fingerprint density at radius 3 is 2.42 bits per heavy atom. The first-order chi connectivity index (χ1) is 15.8. The molecule has 1 aliphatic carbocycles. The Balaban J connectivity index is 1.45. The molecule has 0 unspecified atom stereocenters. The third-order valence-corrected chi connectivity index (χ3v) is 8.03. The lowest BCUT2D eigenvalue weighted by molar-refractivity contribution is 0.0600. The average Bonchev–Trinajstić information content (AvgIpc) is 3.30. The maximum atomic E-state index is 11.7. The molecule has 0 atom stereocenters. The van der Waals surface area contributed by atoms with E-state index in [1.165, 1.54) is 43.2 Å². The van der Waals surface area contributed by atoms with Gasteiger partial charge in [-0.3, -0.25) is 4.90 Å². The number of anilines is 1. The number of esters is 1. The molecule has 0 saturated carbocycles. The number of nitrogens with zero attached hydrogens (tertiary/aromatic N) is 2. The smallest absolute Gasteiger partial charge is 0.337 e. The molecule has 0 bridgehead atoms. The van der Waals surface area contributed by atoms with Gasteiger partial charge in [0.05, 0.1) is 12.7 Å². The van der Waals surface area contributed by atoms with Gasteiger partial charge in [-0.25, -0.2) is 4.79 Å². The molecule has 1 saturated heterocycles. The van der Waals surface area contributed by atoms with Gasteiger partial charge in [0.2, 0.25) is 0 Å². The van der Waals surface area contributed by atoms with Crippen LogP contribution in [0.5, 0.6) is 0 Å². The minimum Gasteiger partial charge on any atom is -0.465 e. The Hall–Kier alpha value is -2.11. The summed E-state index contributed by atoms with van der Waals surface area (Å²) in [4.78, 5) is 16.8. The quantitative estimate of drug-likeness (QED) is 0.458. The van der Waals surface area contributed by atoms with E-state index in [-0.39, 0.29) is 5.97 Å². The molecule has 1 aliphatic heterocycles. The highest BCUT2D eigenvalue weighted by Crippen LogP contribution is 2.45. The average molecular weight is 467 g/mol.